The Morgan fingerprint density at radius 3 is 2.47 bits per heavy atom. The molecule has 1 aliphatic heterocycles. The summed E-state index contributed by atoms with van der Waals surface area (Å²) >= 11 is 5.89. The third-order valence-corrected chi connectivity index (χ3v) is 7.88. The van der Waals surface area contributed by atoms with Crippen molar-refractivity contribution in [2.75, 3.05) is 18.4 Å². The van der Waals surface area contributed by atoms with Crippen LogP contribution < -0.4 is 5.32 Å². The number of para-hydroxylation sites is 1. The van der Waals surface area contributed by atoms with E-state index in [2.05, 4.69) is 10.4 Å². The van der Waals surface area contributed by atoms with Crippen molar-refractivity contribution in [1.82, 2.24) is 14.1 Å². The molecule has 0 saturated carbocycles. The number of piperidine rings is 1. The van der Waals surface area contributed by atoms with Gasteiger partial charge in [-0.1, -0.05) is 29.8 Å². The van der Waals surface area contributed by atoms with E-state index in [0.717, 1.165) is 11.4 Å². The van der Waals surface area contributed by atoms with Crippen molar-refractivity contribution in [2.24, 2.45) is 5.92 Å². The van der Waals surface area contributed by atoms with Gasteiger partial charge in [0.25, 0.3) is 0 Å². The van der Waals surface area contributed by atoms with Crippen molar-refractivity contribution in [1.29, 1.82) is 0 Å². The zero-order chi connectivity index (χ0) is 22.9. The van der Waals surface area contributed by atoms with Gasteiger partial charge in [-0.3, -0.25) is 4.79 Å². The van der Waals surface area contributed by atoms with Gasteiger partial charge in [0.1, 0.15) is 0 Å². The van der Waals surface area contributed by atoms with Crippen molar-refractivity contribution < 1.29 is 13.2 Å². The average molecular weight is 473 g/mol. The van der Waals surface area contributed by atoms with E-state index in [4.69, 9.17) is 11.6 Å². The summed E-state index contributed by atoms with van der Waals surface area (Å²) in [4.78, 5) is 13.3. The summed E-state index contributed by atoms with van der Waals surface area (Å²) in [6.07, 6.45) is 1.25. The SMILES string of the molecule is Cc1nn(-c2ccccc2)c(C)c1NC(=O)C1CCCN(S(=O)(=O)c2ccc(Cl)cc2)C1. The number of nitrogens with zero attached hydrogens (tertiary/aromatic N) is 3. The van der Waals surface area contributed by atoms with E-state index in [0.29, 0.717) is 35.8 Å². The van der Waals surface area contributed by atoms with Crippen molar-refractivity contribution >= 4 is 33.2 Å². The monoisotopic (exact) mass is 472 g/mol. The number of halogens is 1. The first-order valence-corrected chi connectivity index (χ1v) is 12.3. The van der Waals surface area contributed by atoms with Crippen LogP contribution >= 0.6 is 11.6 Å². The van der Waals surface area contributed by atoms with Gasteiger partial charge in [-0.2, -0.15) is 9.40 Å². The van der Waals surface area contributed by atoms with Crippen LogP contribution in [0.5, 0.6) is 0 Å². The number of aromatic nitrogens is 2. The molecule has 0 bridgehead atoms. The highest BCUT2D eigenvalue weighted by atomic mass is 35.5. The van der Waals surface area contributed by atoms with E-state index in [-0.39, 0.29) is 17.3 Å². The molecule has 0 spiro atoms. The molecule has 0 radical (unpaired) electrons. The molecular formula is C23H25ClN4O3S. The third-order valence-electron chi connectivity index (χ3n) is 5.75. The van der Waals surface area contributed by atoms with Crippen LogP contribution in [0.15, 0.2) is 59.5 Å². The summed E-state index contributed by atoms with van der Waals surface area (Å²) in [6.45, 7) is 4.28. The second-order valence-corrected chi connectivity index (χ2v) is 10.3. The largest absolute Gasteiger partial charge is 0.323 e. The molecule has 1 atom stereocenters. The predicted molar refractivity (Wildman–Crippen MR) is 125 cm³/mol. The fourth-order valence-electron chi connectivity index (χ4n) is 4.00. The van der Waals surface area contributed by atoms with Crippen LogP contribution in [-0.2, 0) is 14.8 Å². The molecule has 3 aromatic rings. The molecule has 1 aromatic heterocycles. The van der Waals surface area contributed by atoms with Crippen LogP contribution in [0.4, 0.5) is 5.69 Å². The second kappa shape index (κ2) is 9.05. The summed E-state index contributed by atoms with van der Waals surface area (Å²) in [6, 6.07) is 15.8. The summed E-state index contributed by atoms with van der Waals surface area (Å²) < 4.78 is 29.2. The highest BCUT2D eigenvalue weighted by Gasteiger charge is 2.34. The topological polar surface area (TPSA) is 84.3 Å². The number of rotatable bonds is 5. The van der Waals surface area contributed by atoms with Gasteiger partial charge in [-0.05, 0) is 63.1 Å². The van der Waals surface area contributed by atoms with Crippen LogP contribution in [0, 0.1) is 19.8 Å². The molecule has 32 heavy (non-hydrogen) atoms. The number of carbonyl (C=O) groups is 1. The summed E-state index contributed by atoms with van der Waals surface area (Å²) in [7, 11) is -3.69. The summed E-state index contributed by atoms with van der Waals surface area (Å²) in [5.41, 5.74) is 3.10. The highest BCUT2D eigenvalue weighted by Crippen LogP contribution is 2.28. The van der Waals surface area contributed by atoms with Gasteiger partial charge in [0.05, 0.1) is 33.6 Å². The van der Waals surface area contributed by atoms with E-state index in [9.17, 15) is 13.2 Å². The maximum absolute atomic E-state index is 13.1. The van der Waals surface area contributed by atoms with E-state index in [1.807, 2.05) is 44.2 Å². The van der Waals surface area contributed by atoms with Crippen LogP contribution in [0.3, 0.4) is 0 Å². The quantitative estimate of drug-likeness (QED) is 0.603. The van der Waals surface area contributed by atoms with Crippen LogP contribution in [0.1, 0.15) is 24.2 Å². The highest BCUT2D eigenvalue weighted by molar-refractivity contribution is 7.89. The van der Waals surface area contributed by atoms with E-state index < -0.39 is 15.9 Å². The lowest BCUT2D eigenvalue weighted by molar-refractivity contribution is -0.120. The smallest absolute Gasteiger partial charge is 0.243 e. The van der Waals surface area contributed by atoms with Crippen LogP contribution in [0.25, 0.3) is 5.69 Å². The molecule has 1 aliphatic rings. The molecule has 168 valence electrons. The normalized spacial score (nSPS) is 17.3. The number of nitrogens with one attached hydrogen (secondary N) is 1. The number of aryl methyl sites for hydroxylation is 1. The van der Waals surface area contributed by atoms with Crippen LogP contribution in [-0.4, -0.2) is 41.5 Å². The van der Waals surface area contributed by atoms with Gasteiger partial charge in [-0.25, -0.2) is 13.1 Å². The Bertz CT molecular complexity index is 1220. The van der Waals surface area contributed by atoms with Gasteiger partial charge in [0.2, 0.25) is 15.9 Å². The van der Waals surface area contributed by atoms with Gasteiger partial charge in [0.15, 0.2) is 0 Å². The average Bonchev–Trinajstić information content (AvgIpc) is 3.08. The molecule has 0 aliphatic carbocycles. The minimum atomic E-state index is -3.69. The number of carbonyl (C=O) groups excluding carboxylic acids is 1. The Balaban J connectivity index is 1.51. The molecule has 9 heteroatoms. The lowest BCUT2D eigenvalue weighted by Gasteiger charge is -2.31. The first-order valence-electron chi connectivity index (χ1n) is 10.5. The van der Waals surface area contributed by atoms with Gasteiger partial charge in [-0.15, -0.1) is 0 Å². The summed E-state index contributed by atoms with van der Waals surface area (Å²) in [5.74, 6) is -0.635. The maximum Gasteiger partial charge on any atom is 0.243 e. The Labute approximate surface area is 193 Å². The molecule has 7 nitrogen and oxygen atoms in total. The van der Waals surface area contributed by atoms with Gasteiger partial charge in [0, 0.05) is 18.1 Å². The Hall–Kier alpha value is -2.68. The molecule has 2 aromatic carbocycles. The molecule has 1 amide bonds. The fourth-order valence-corrected chi connectivity index (χ4v) is 5.65. The number of anilines is 1. The number of benzene rings is 2. The number of hydrogen-bond donors (Lipinski definition) is 1. The summed E-state index contributed by atoms with van der Waals surface area (Å²) in [5, 5.41) is 8.03. The Kier molecular flexibility index (Phi) is 6.37. The second-order valence-electron chi connectivity index (χ2n) is 7.94. The first-order chi connectivity index (χ1) is 15.3. The maximum atomic E-state index is 13.1. The first kappa shape index (κ1) is 22.5. The van der Waals surface area contributed by atoms with Crippen molar-refractivity contribution in [3.05, 3.63) is 71.0 Å². The standard InChI is InChI=1S/C23H25ClN4O3S/c1-16-22(17(2)28(26-16)20-8-4-3-5-9-20)25-23(29)18-7-6-14-27(15-18)32(30,31)21-12-10-19(24)11-13-21/h3-5,8-13,18H,6-7,14-15H2,1-2H3,(H,25,29). The molecule has 1 unspecified atom stereocenters. The predicted octanol–water partition coefficient (Wildman–Crippen LogP) is 4.18. The zero-order valence-electron chi connectivity index (χ0n) is 18.0. The minimum absolute atomic E-state index is 0.141. The molecule has 1 fully saturated rings. The minimum Gasteiger partial charge on any atom is -0.323 e. The van der Waals surface area contributed by atoms with Crippen molar-refractivity contribution in [2.45, 2.75) is 31.6 Å². The molecular weight excluding hydrogens is 448 g/mol. The fraction of sp³-hybridized carbons (Fsp3) is 0.304. The molecule has 1 N–H and O–H groups in total. The number of sulfonamides is 1. The molecule has 1 saturated heterocycles. The molecule has 4 rings (SSSR count). The lowest BCUT2D eigenvalue weighted by Crippen LogP contribution is -2.43. The van der Waals surface area contributed by atoms with Gasteiger partial charge < -0.3 is 5.32 Å². The van der Waals surface area contributed by atoms with Crippen molar-refractivity contribution in [3.8, 4) is 5.69 Å². The number of amides is 1. The van der Waals surface area contributed by atoms with E-state index in [1.165, 1.54) is 16.4 Å². The van der Waals surface area contributed by atoms with E-state index in [1.54, 1.807) is 16.8 Å². The Morgan fingerprint density at radius 2 is 1.78 bits per heavy atom. The van der Waals surface area contributed by atoms with Crippen LogP contribution in [0.2, 0.25) is 5.02 Å². The lowest BCUT2D eigenvalue weighted by atomic mass is 9.98. The Morgan fingerprint density at radius 1 is 1.09 bits per heavy atom. The van der Waals surface area contributed by atoms with Gasteiger partial charge >= 0.3 is 0 Å². The molecule has 2 heterocycles. The number of hydrogen-bond acceptors (Lipinski definition) is 4. The van der Waals surface area contributed by atoms with E-state index >= 15 is 0 Å². The zero-order valence-corrected chi connectivity index (χ0v) is 19.5. The van der Waals surface area contributed by atoms with Crippen molar-refractivity contribution in [3.63, 3.8) is 0 Å². The third kappa shape index (κ3) is 4.44.